The van der Waals surface area contributed by atoms with E-state index in [9.17, 15) is 8.42 Å². The highest BCUT2D eigenvalue weighted by molar-refractivity contribution is 7.88. The second-order valence-corrected chi connectivity index (χ2v) is 5.36. The van der Waals surface area contributed by atoms with Crippen LogP contribution in [0.15, 0.2) is 30.3 Å². The van der Waals surface area contributed by atoms with E-state index >= 15 is 0 Å². The first-order valence-electron chi connectivity index (χ1n) is 4.13. The van der Waals surface area contributed by atoms with E-state index in [4.69, 9.17) is 11.6 Å². The molecule has 0 aliphatic heterocycles. The molecule has 0 aliphatic rings. The Labute approximate surface area is 89.1 Å². The Kier molecular flexibility index (Phi) is 3.92. The maximum atomic E-state index is 10.8. The van der Waals surface area contributed by atoms with Crippen LogP contribution in [0, 0.1) is 0 Å². The summed E-state index contributed by atoms with van der Waals surface area (Å²) in [5.41, 5.74) is 0.908. The first-order valence-corrected chi connectivity index (χ1v) is 6.45. The fraction of sp³-hybridized carbons (Fsp3) is 0.333. The van der Waals surface area contributed by atoms with Gasteiger partial charge in [0.25, 0.3) is 0 Å². The molecule has 1 unspecified atom stereocenters. The molecule has 5 heteroatoms. The fourth-order valence-corrected chi connectivity index (χ4v) is 1.79. The number of hydrogen-bond acceptors (Lipinski definition) is 2. The summed E-state index contributed by atoms with van der Waals surface area (Å²) in [4.78, 5) is 0. The molecule has 0 fully saturated rings. The number of benzene rings is 1. The Morgan fingerprint density at radius 3 is 2.43 bits per heavy atom. The van der Waals surface area contributed by atoms with Crippen molar-refractivity contribution in [2.45, 2.75) is 5.38 Å². The van der Waals surface area contributed by atoms with Crippen molar-refractivity contribution in [2.75, 3.05) is 12.8 Å². The third kappa shape index (κ3) is 4.09. The summed E-state index contributed by atoms with van der Waals surface area (Å²) in [6.07, 6.45) is 1.11. The van der Waals surface area contributed by atoms with Crippen LogP contribution in [0.1, 0.15) is 10.9 Å². The van der Waals surface area contributed by atoms with Gasteiger partial charge in [-0.15, -0.1) is 11.6 Å². The lowest BCUT2D eigenvalue weighted by Gasteiger charge is -2.09. The van der Waals surface area contributed by atoms with Gasteiger partial charge in [0, 0.05) is 6.54 Å². The zero-order valence-electron chi connectivity index (χ0n) is 7.77. The molecule has 1 aromatic rings. The second-order valence-electron chi connectivity index (χ2n) is 3.00. The van der Waals surface area contributed by atoms with Crippen LogP contribution in [-0.2, 0) is 10.0 Å². The predicted octanol–water partition coefficient (Wildman–Crippen LogP) is 1.52. The van der Waals surface area contributed by atoms with E-state index in [1.165, 1.54) is 0 Å². The minimum absolute atomic E-state index is 0.213. The summed E-state index contributed by atoms with van der Waals surface area (Å²) in [6.45, 7) is 0.213. The normalized spacial score (nSPS) is 13.9. The van der Waals surface area contributed by atoms with Gasteiger partial charge in [0.1, 0.15) is 0 Å². The third-order valence-corrected chi connectivity index (χ3v) is 2.78. The average Bonchev–Trinajstić information content (AvgIpc) is 2.14. The highest BCUT2D eigenvalue weighted by Gasteiger charge is 2.09. The standard InChI is InChI=1S/C9H12ClNO2S/c1-14(12,13)11-7-9(10)8-5-3-2-4-6-8/h2-6,9,11H,7H2,1H3. The number of halogens is 1. The molecule has 78 valence electrons. The third-order valence-electron chi connectivity index (χ3n) is 1.69. The number of hydrogen-bond donors (Lipinski definition) is 1. The Bertz CT molecular complexity index is 377. The van der Waals surface area contributed by atoms with E-state index in [2.05, 4.69) is 4.72 Å². The van der Waals surface area contributed by atoms with Crippen molar-refractivity contribution in [2.24, 2.45) is 0 Å². The van der Waals surface area contributed by atoms with Gasteiger partial charge in [-0.1, -0.05) is 30.3 Å². The zero-order chi connectivity index (χ0) is 10.6. The Balaban J connectivity index is 2.56. The van der Waals surface area contributed by atoms with Gasteiger partial charge in [-0.3, -0.25) is 0 Å². The van der Waals surface area contributed by atoms with Crippen molar-refractivity contribution in [1.29, 1.82) is 0 Å². The van der Waals surface area contributed by atoms with Gasteiger partial charge >= 0.3 is 0 Å². The van der Waals surface area contributed by atoms with Gasteiger partial charge in [-0.25, -0.2) is 13.1 Å². The van der Waals surface area contributed by atoms with Crippen LogP contribution in [0.2, 0.25) is 0 Å². The number of nitrogens with one attached hydrogen (secondary N) is 1. The van der Waals surface area contributed by atoms with E-state index in [1.807, 2.05) is 30.3 Å². The summed E-state index contributed by atoms with van der Waals surface area (Å²) in [5, 5.41) is -0.328. The average molecular weight is 234 g/mol. The maximum absolute atomic E-state index is 10.8. The minimum Gasteiger partial charge on any atom is -0.214 e. The lowest BCUT2D eigenvalue weighted by atomic mass is 10.1. The molecule has 0 heterocycles. The van der Waals surface area contributed by atoms with E-state index in [0.717, 1.165) is 11.8 Å². The molecule has 1 rings (SSSR count). The second kappa shape index (κ2) is 4.77. The first-order chi connectivity index (χ1) is 6.49. The molecule has 3 nitrogen and oxygen atoms in total. The zero-order valence-corrected chi connectivity index (χ0v) is 9.35. The molecule has 1 N–H and O–H groups in total. The number of rotatable bonds is 4. The summed E-state index contributed by atoms with van der Waals surface area (Å²) < 4.78 is 24.0. The molecule has 0 saturated heterocycles. The van der Waals surface area contributed by atoms with Crippen molar-refractivity contribution in [1.82, 2.24) is 4.72 Å². The lowest BCUT2D eigenvalue weighted by Crippen LogP contribution is -2.25. The molecule has 1 atom stereocenters. The maximum Gasteiger partial charge on any atom is 0.208 e. The van der Waals surface area contributed by atoms with Crippen LogP contribution in [0.5, 0.6) is 0 Å². The Hall–Kier alpha value is -0.580. The van der Waals surface area contributed by atoms with Crippen LogP contribution in [0.25, 0.3) is 0 Å². The topological polar surface area (TPSA) is 46.2 Å². The van der Waals surface area contributed by atoms with Crippen LogP contribution < -0.4 is 4.72 Å². The van der Waals surface area contributed by atoms with Crippen molar-refractivity contribution in [3.63, 3.8) is 0 Å². The van der Waals surface area contributed by atoms with Crippen LogP contribution in [0.4, 0.5) is 0 Å². The summed E-state index contributed by atoms with van der Waals surface area (Å²) >= 11 is 5.99. The van der Waals surface area contributed by atoms with Crippen molar-refractivity contribution in [3.05, 3.63) is 35.9 Å². The summed E-state index contributed by atoms with van der Waals surface area (Å²) in [7, 11) is -3.16. The quantitative estimate of drug-likeness (QED) is 0.802. The van der Waals surface area contributed by atoms with Gasteiger partial charge < -0.3 is 0 Å². The summed E-state index contributed by atoms with van der Waals surface area (Å²) in [6, 6.07) is 9.34. The van der Waals surface area contributed by atoms with E-state index in [-0.39, 0.29) is 11.9 Å². The molecule has 0 saturated carbocycles. The molecule has 0 aromatic heterocycles. The molecule has 0 radical (unpaired) electrons. The van der Waals surface area contributed by atoms with Gasteiger partial charge in [0.2, 0.25) is 10.0 Å². The summed E-state index contributed by atoms with van der Waals surface area (Å²) in [5.74, 6) is 0. The Morgan fingerprint density at radius 1 is 1.36 bits per heavy atom. The molecule has 14 heavy (non-hydrogen) atoms. The smallest absolute Gasteiger partial charge is 0.208 e. The molecular formula is C9H12ClNO2S. The molecule has 0 bridgehead atoms. The minimum atomic E-state index is -3.16. The molecule has 1 aromatic carbocycles. The van der Waals surface area contributed by atoms with E-state index in [1.54, 1.807) is 0 Å². The fourth-order valence-electron chi connectivity index (χ4n) is 1.00. The van der Waals surface area contributed by atoms with Crippen molar-refractivity contribution >= 4 is 21.6 Å². The van der Waals surface area contributed by atoms with E-state index < -0.39 is 10.0 Å². The number of sulfonamides is 1. The van der Waals surface area contributed by atoms with Crippen LogP contribution >= 0.6 is 11.6 Å². The largest absolute Gasteiger partial charge is 0.214 e. The highest BCUT2D eigenvalue weighted by Crippen LogP contribution is 2.18. The first kappa shape index (κ1) is 11.5. The highest BCUT2D eigenvalue weighted by atomic mass is 35.5. The van der Waals surface area contributed by atoms with E-state index in [0.29, 0.717) is 0 Å². The molecule has 0 amide bonds. The van der Waals surface area contributed by atoms with Crippen molar-refractivity contribution < 1.29 is 8.42 Å². The van der Waals surface area contributed by atoms with Gasteiger partial charge in [0.15, 0.2) is 0 Å². The molecule has 0 spiro atoms. The monoisotopic (exact) mass is 233 g/mol. The number of alkyl halides is 1. The SMILES string of the molecule is CS(=O)(=O)NCC(Cl)c1ccccc1. The molecular weight excluding hydrogens is 222 g/mol. The Morgan fingerprint density at radius 2 is 1.93 bits per heavy atom. The van der Waals surface area contributed by atoms with Gasteiger partial charge in [0.05, 0.1) is 11.6 Å². The predicted molar refractivity (Wildman–Crippen MR) is 57.9 cm³/mol. The van der Waals surface area contributed by atoms with Crippen LogP contribution in [0.3, 0.4) is 0 Å². The molecule has 0 aliphatic carbocycles. The lowest BCUT2D eigenvalue weighted by molar-refractivity contribution is 0.587. The van der Waals surface area contributed by atoms with Crippen molar-refractivity contribution in [3.8, 4) is 0 Å². The van der Waals surface area contributed by atoms with Gasteiger partial charge in [-0.05, 0) is 5.56 Å². The van der Waals surface area contributed by atoms with Crippen LogP contribution in [-0.4, -0.2) is 21.2 Å². The van der Waals surface area contributed by atoms with Gasteiger partial charge in [-0.2, -0.15) is 0 Å².